The van der Waals surface area contributed by atoms with Crippen LogP contribution in [0.25, 0.3) is 11.3 Å². The van der Waals surface area contributed by atoms with E-state index in [1.165, 1.54) is 5.56 Å². The number of hydrogen-bond donors (Lipinski definition) is 1. The van der Waals surface area contributed by atoms with Crippen LogP contribution in [0, 0.1) is 0 Å². The first-order valence-electron chi connectivity index (χ1n) is 7.11. The van der Waals surface area contributed by atoms with Crippen LogP contribution in [0.4, 0.5) is 0 Å². The van der Waals surface area contributed by atoms with Crippen LogP contribution in [-0.4, -0.2) is 45.3 Å². The molecule has 0 bridgehead atoms. The van der Waals surface area contributed by atoms with E-state index in [0.717, 1.165) is 37.4 Å². The molecule has 114 valence electrons. The fourth-order valence-electron chi connectivity index (χ4n) is 2.80. The van der Waals surface area contributed by atoms with Crippen molar-refractivity contribution in [3.05, 3.63) is 36.3 Å². The van der Waals surface area contributed by atoms with E-state index in [-0.39, 0.29) is 12.4 Å². The summed E-state index contributed by atoms with van der Waals surface area (Å²) in [6, 6.07) is 4.60. The fourth-order valence-corrected chi connectivity index (χ4v) is 2.80. The van der Waals surface area contributed by atoms with Gasteiger partial charge in [0.2, 0.25) is 0 Å². The van der Waals surface area contributed by atoms with Crippen LogP contribution in [0.1, 0.15) is 12.5 Å². The van der Waals surface area contributed by atoms with Gasteiger partial charge in [-0.1, -0.05) is 0 Å². The highest BCUT2D eigenvalue weighted by atomic mass is 35.5. The van der Waals surface area contributed by atoms with Crippen molar-refractivity contribution in [3.8, 4) is 11.3 Å². The number of piperazine rings is 1. The van der Waals surface area contributed by atoms with Crippen molar-refractivity contribution in [1.29, 1.82) is 0 Å². The molecule has 1 aliphatic rings. The van der Waals surface area contributed by atoms with Crippen LogP contribution in [0.5, 0.6) is 0 Å². The lowest BCUT2D eigenvalue weighted by molar-refractivity contribution is 0.200. The number of nitrogens with one attached hydrogen (secondary N) is 1. The van der Waals surface area contributed by atoms with Crippen LogP contribution >= 0.6 is 12.4 Å². The van der Waals surface area contributed by atoms with E-state index < -0.39 is 0 Å². The van der Waals surface area contributed by atoms with Gasteiger partial charge in [-0.25, -0.2) is 0 Å². The standard InChI is InChI=1S/C15H21N5.ClH/c1-12-9-20(8-7-17-12)11-14-10-19(2)18-15(14)13-3-5-16-6-4-13;/h3-6,10,12,17H,7-9,11H2,1-2H3;1H/t12-;/m1./s1. The Hall–Kier alpha value is -1.43. The van der Waals surface area contributed by atoms with E-state index in [0.29, 0.717) is 6.04 Å². The molecule has 0 spiro atoms. The molecule has 0 aliphatic carbocycles. The van der Waals surface area contributed by atoms with Gasteiger partial charge in [0.1, 0.15) is 0 Å². The second kappa shape index (κ2) is 7.02. The van der Waals surface area contributed by atoms with Crippen LogP contribution in [0.3, 0.4) is 0 Å². The number of aryl methyl sites for hydroxylation is 1. The Bertz CT molecular complexity index is 569. The molecule has 1 atom stereocenters. The van der Waals surface area contributed by atoms with Gasteiger partial charge in [-0.2, -0.15) is 5.10 Å². The molecule has 6 heteroatoms. The minimum Gasteiger partial charge on any atom is -0.312 e. The van der Waals surface area contributed by atoms with E-state index in [4.69, 9.17) is 0 Å². The highest BCUT2D eigenvalue weighted by molar-refractivity contribution is 5.85. The summed E-state index contributed by atoms with van der Waals surface area (Å²) in [4.78, 5) is 6.57. The van der Waals surface area contributed by atoms with Crippen molar-refractivity contribution in [2.45, 2.75) is 19.5 Å². The van der Waals surface area contributed by atoms with E-state index >= 15 is 0 Å². The molecule has 2 aromatic heterocycles. The lowest BCUT2D eigenvalue weighted by Crippen LogP contribution is -2.48. The molecule has 1 fully saturated rings. The molecule has 3 rings (SSSR count). The molecule has 3 heterocycles. The van der Waals surface area contributed by atoms with E-state index in [1.54, 1.807) is 0 Å². The molecule has 1 N–H and O–H groups in total. The van der Waals surface area contributed by atoms with E-state index in [9.17, 15) is 0 Å². The highest BCUT2D eigenvalue weighted by Crippen LogP contribution is 2.22. The zero-order valence-electron chi connectivity index (χ0n) is 12.5. The predicted octanol–water partition coefficient (Wildman–Crippen LogP) is 1.70. The normalized spacial score (nSPS) is 19.2. The quantitative estimate of drug-likeness (QED) is 0.937. The predicted molar refractivity (Wildman–Crippen MR) is 86.4 cm³/mol. The summed E-state index contributed by atoms with van der Waals surface area (Å²) in [5.41, 5.74) is 3.49. The van der Waals surface area contributed by atoms with Crippen LogP contribution < -0.4 is 5.32 Å². The number of halogens is 1. The van der Waals surface area contributed by atoms with Crippen molar-refractivity contribution in [2.75, 3.05) is 19.6 Å². The summed E-state index contributed by atoms with van der Waals surface area (Å²) in [5.74, 6) is 0. The second-order valence-corrected chi connectivity index (χ2v) is 5.50. The first-order chi connectivity index (χ1) is 9.72. The van der Waals surface area contributed by atoms with Crippen molar-refractivity contribution in [3.63, 3.8) is 0 Å². The number of aromatic nitrogens is 3. The van der Waals surface area contributed by atoms with Crippen LogP contribution in [0.2, 0.25) is 0 Å². The van der Waals surface area contributed by atoms with Gasteiger partial charge in [0, 0.05) is 69.0 Å². The Labute approximate surface area is 131 Å². The third kappa shape index (κ3) is 3.81. The van der Waals surface area contributed by atoms with E-state index in [2.05, 4.69) is 33.4 Å². The molecule has 0 radical (unpaired) electrons. The summed E-state index contributed by atoms with van der Waals surface area (Å²) in [6.45, 7) is 6.43. The maximum atomic E-state index is 4.61. The zero-order valence-corrected chi connectivity index (χ0v) is 13.3. The summed E-state index contributed by atoms with van der Waals surface area (Å²) in [7, 11) is 1.98. The maximum Gasteiger partial charge on any atom is 0.0969 e. The molecule has 0 aromatic carbocycles. The summed E-state index contributed by atoms with van der Waals surface area (Å²) >= 11 is 0. The number of nitrogens with zero attached hydrogens (tertiary/aromatic N) is 4. The third-order valence-corrected chi connectivity index (χ3v) is 3.71. The Balaban J connectivity index is 0.00000161. The second-order valence-electron chi connectivity index (χ2n) is 5.50. The minimum absolute atomic E-state index is 0. The molecule has 1 saturated heterocycles. The molecule has 5 nitrogen and oxygen atoms in total. The molecular formula is C15H22ClN5. The van der Waals surface area contributed by atoms with E-state index in [1.807, 2.05) is 36.3 Å². The minimum atomic E-state index is 0. The lowest BCUT2D eigenvalue weighted by atomic mass is 10.1. The Morgan fingerprint density at radius 3 is 2.81 bits per heavy atom. The van der Waals surface area contributed by atoms with Crippen LogP contribution in [0.15, 0.2) is 30.7 Å². The van der Waals surface area contributed by atoms with Gasteiger partial charge in [-0.05, 0) is 19.1 Å². The molecular weight excluding hydrogens is 286 g/mol. The van der Waals surface area contributed by atoms with Gasteiger partial charge in [-0.15, -0.1) is 12.4 Å². The van der Waals surface area contributed by atoms with Crippen LogP contribution in [-0.2, 0) is 13.6 Å². The summed E-state index contributed by atoms with van der Waals surface area (Å²) < 4.78 is 1.90. The third-order valence-electron chi connectivity index (χ3n) is 3.71. The van der Waals surface area contributed by atoms with Crippen molar-refractivity contribution in [2.24, 2.45) is 7.05 Å². The van der Waals surface area contributed by atoms with Crippen molar-refractivity contribution < 1.29 is 0 Å². The SMILES string of the molecule is C[C@@H]1CN(Cc2cn(C)nc2-c2ccncc2)CCN1.Cl. The van der Waals surface area contributed by atoms with Gasteiger partial charge in [0.15, 0.2) is 0 Å². The molecule has 0 unspecified atom stereocenters. The number of hydrogen-bond acceptors (Lipinski definition) is 4. The van der Waals surface area contributed by atoms with Gasteiger partial charge in [0.05, 0.1) is 5.69 Å². The first-order valence-corrected chi connectivity index (χ1v) is 7.11. The molecule has 0 amide bonds. The van der Waals surface area contributed by atoms with Gasteiger partial charge >= 0.3 is 0 Å². The van der Waals surface area contributed by atoms with Gasteiger partial charge < -0.3 is 5.32 Å². The Morgan fingerprint density at radius 1 is 1.33 bits per heavy atom. The zero-order chi connectivity index (χ0) is 13.9. The average molecular weight is 308 g/mol. The fraction of sp³-hybridized carbons (Fsp3) is 0.467. The lowest BCUT2D eigenvalue weighted by Gasteiger charge is -2.31. The monoisotopic (exact) mass is 307 g/mol. The Kier molecular flexibility index (Phi) is 5.33. The van der Waals surface area contributed by atoms with Gasteiger partial charge in [0.25, 0.3) is 0 Å². The Morgan fingerprint density at radius 2 is 2.10 bits per heavy atom. The first kappa shape index (κ1) is 15.9. The molecule has 21 heavy (non-hydrogen) atoms. The largest absolute Gasteiger partial charge is 0.312 e. The van der Waals surface area contributed by atoms with Crippen molar-refractivity contribution >= 4 is 12.4 Å². The average Bonchev–Trinajstić information content (AvgIpc) is 2.80. The molecule has 0 saturated carbocycles. The summed E-state index contributed by atoms with van der Waals surface area (Å²) in [5, 5.41) is 8.09. The van der Waals surface area contributed by atoms with Crippen molar-refractivity contribution in [1.82, 2.24) is 25.0 Å². The number of pyridine rings is 1. The number of rotatable bonds is 3. The smallest absolute Gasteiger partial charge is 0.0969 e. The maximum absolute atomic E-state index is 4.61. The summed E-state index contributed by atoms with van der Waals surface area (Å²) in [6.07, 6.45) is 5.77. The molecule has 2 aromatic rings. The molecule has 1 aliphatic heterocycles. The topological polar surface area (TPSA) is 46.0 Å². The highest BCUT2D eigenvalue weighted by Gasteiger charge is 2.18. The van der Waals surface area contributed by atoms with Gasteiger partial charge in [-0.3, -0.25) is 14.6 Å².